The maximum Gasteiger partial charge on any atom is 0.329 e. The average molecular weight is 158 g/mol. The summed E-state index contributed by atoms with van der Waals surface area (Å²) in [6.07, 6.45) is 3.50. The first-order valence-corrected chi connectivity index (χ1v) is 3.98. The summed E-state index contributed by atoms with van der Waals surface area (Å²) in [4.78, 5) is 10.1. The van der Waals surface area contributed by atoms with Crippen molar-refractivity contribution in [2.24, 2.45) is 5.41 Å². The number of carboxylic acids is 1. The smallest absolute Gasteiger partial charge is 0.329 e. The first-order chi connectivity index (χ1) is 5.18. The van der Waals surface area contributed by atoms with Crippen molar-refractivity contribution in [3.63, 3.8) is 0 Å². The highest BCUT2D eigenvalue weighted by molar-refractivity contribution is 5.67. The van der Waals surface area contributed by atoms with Crippen LogP contribution >= 0.6 is 0 Å². The van der Waals surface area contributed by atoms with Crippen molar-refractivity contribution in [3.8, 4) is 0 Å². The van der Waals surface area contributed by atoms with Gasteiger partial charge >= 0.3 is 5.97 Å². The highest BCUT2D eigenvalue weighted by atomic mass is 16.5. The highest BCUT2D eigenvalue weighted by Crippen LogP contribution is 2.48. The fourth-order valence-electron chi connectivity index (χ4n) is 1.13. The first kappa shape index (κ1) is 8.53. The van der Waals surface area contributed by atoms with Gasteiger partial charge in [0, 0.05) is 0 Å². The van der Waals surface area contributed by atoms with Crippen molar-refractivity contribution in [1.29, 1.82) is 0 Å². The molecule has 1 fully saturated rings. The molecule has 1 saturated carbocycles. The summed E-state index contributed by atoms with van der Waals surface area (Å²) >= 11 is 0. The van der Waals surface area contributed by atoms with Gasteiger partial charge in [0.1, 0.15) is 6.61 Å². The van der Waals surface area contributed by atoms with E-state index >= 15 is 0 Å². The van der Waals surface area contributed by atoms with Crippen LogP contribution in [0.25, 0.3) is 0 Å². The number of hydrogen-bond donors (Lipinski definition) is 1. The molecule has 1 aliphatic carbocycles. The van der Waals surface area contributed by atoms with Crippen LogP contribution in [-0.2, 0) is 9.53 Å². The van der Waals surface area contributed by atoms with Gasteiger partial charge in [-0.15, -0.1) is 0 Å². The van der Waals surface area contributed by atoms with Gasteiger partial charge in [0.25, 0.3) is 0 Å². The number of carbonyl (C=O) groups is 1. The van der Waals surface area contributed by atoms with Gasteiger partial charge < -0.3 is 9.84 Å². The van der Waals surface area contributed by atoms with Gasteiger partial charge in [-0.2, -0.15) is 0 Å². The molecule has 0 radical (unpaired) electrons. The Morgan fingerprint density at radius 1 is 1.64 bits per heavy atom. The van der Waals surface area contributed by atoms with Gasteiger partial charge in [0.2, 0.25) is 0 Å². The molecule has 1 N–H and O–H groups in total. The molecule has 0 heterocycles. The molecule has 0 amide bonds. The van der Waals surface area contributed by atoms with Crippen LogP contribution < -0.4 is 0 Å². The van der Waals surface area contributed by atoms with Crippen LogP contribution in [0.5, 0.6) is 0 Å². The predicted molar refractivity (Wildman–Crippen MR) is 40.4 cm³/mol. The van der Waals surface area contributed by atoms with Gasteiger partial charge in [-0.25, -0.2) is 4.79 Å². The van der Waals surface area contributed by atoms with Crippen LogP contribution in [0.15, 0.2) is 0 Å². The second-order valence-corrected chi connectivity index (χ2v) is 3.24. The highest BCUT2D eigenvalue weighted by Gasteiger charge is 2.40. The third-order valence-corrected chi connectivity index (χ3v) is 2.34. The van der Waals surface area contributed by atoms with E-state index in [4.69, 9.17) is 9.84 Å². The van der Waals surface area contributed by atoms with Crippen molar-refractivity contribution in [1.82, 2.24) is 0 Å². The molecule has 1 rings (SSSR count). The Morgan fingerprint density at radius 3 is 2.64 bits per heavy atom. The lowest BCUT2D eigenvalue weighted by Gasteiger charge is -2.10. The second-order valence-electron chi connectivity index (χ2n) is 3.24. The first-order valence-electron chi connectivity index (χ1n) is 3.98. The van der Waals surface area contributed by atoms with E-state index in [1.807, 2.05) is 0 Å². The normalized spacial score (nSPS) is 19.7. The minimum atomic E-state index is -0.878. The van der Waals surface area contributed by atoms with E-state index in [-0.39, 0.29) is 6.61 Å². The summed E-state index contributed by atoms with van der Waals surface area (Å²) in [5, 5.41) is 8.28. The summed E-state index contributed by atoms with van der Waals surface area (Å²) in [5.74, 6) is -0.878. The van der Waals surface area contributed by atoms with Crippen LogP contribution in [0.1, 0.15) is 26.2 Å². The summed E-state index contributed by atoms with van der Waals surface area (Å²) in [7, 11) is 0. The molecule has 0 atom stereocenters. The van der Waals surface area contributed by atoms with Crippen LogP contribution in [-0.4, -0.2) is 24.3 Å². The lowest BCUT2D eigenvalue weighted by Crippen LogP contribution is -2.14. The average Bonchev–Trinajstić information content (AvgIpc) is 2.69. The molecular weight excluding hydrogens is 144 g/mol. The summed E-state index contributed by atoms with van der Waals surface area (Å²) in [6.45, 7) is 2.59. The van der Waals surface area contributed by atoms with Crippen molar-refractivity contribution in [2.75, 3.05) is 13.2 Å². The van der Waals surface area contributed by atoms with Crippen molar-refractivity contribution in [3.05, 3.63) is 0 Å². The van der Waals surface area contributed by atoms with Crippen molar-refractivity contribution in [2.45, 2.75) is 26.2 Å². The molecule has 0 saturated heterocycles. The van der Waals surface area contributed by atoms with E-state index in [2.05, 4.69) is 6.92 Å². The lowest BCUT2D eigenvalue weighted by molar-refractivity contribution is -0.142. The Hall–Kier alpha value is -0.570. The minimum absolute atomic E-state index is 0.151. The summed E-state index contributed by atoms with van der Waals surface area (Å²) < 4.78 is 5.01. The Balaban J connectivity index is 2.07. The molecule has 0 unspecified atom stereocenters. The SMILES string of the molecule is CCC1(COCC(=O)O)CC1. The molecule has 64 valence electrons. The maximum absolute atomic E-state index is 10.1. The zero-order valence-corrected chi connectivity index (χ0v) is 6.80. The maximum atomic E-state index is 10.1. The van der Waals surface area contributed by atoms with E-state index < -0.39 is 5.97 Å². The van der Waals surface area contributed by atoms with Crippen LogP contribution in [0.4, 0.5) is 0 Å². The fraction of sp³-hybridized carbons (Fsp3) is 0.875. The molecular formula is C8H14O3. The van der Waals surface area contributed by atoms with Gasteiger partial charge in [-0.05, 0) is 24.7 Å². The molecule has 0 aliphatic heterocycles. The quantitative estimate of drug-likeness (QED) is 0.655. The fourth-order valence-corrected chi connectivity index (χ4v) is 1.13. The van der Waals surface area contributed by atoms with E-state index in [1.54, 1.807) is 0 Å². The number of ether oxygens (including phenoxy) is 1. The summed E-state index contributed by atoms with van der Waals surface area (Å²) in [6, 6.07) is 0. The molecule has 11 heavy (non-hydrogen) atoms. The third-order valence-electron chi connectivity index (χ3n) is 2.34. The zero-order chi connectivity index (χ0) is 8.32. The Bertz CT molecular complexity index is 149. The monoisotopic (exact) mass is 158 g/mol. The van der Waals surface area contributed by atoms with Gasteiger partial charge in [0.05, 0.1) is 6.61 Å². The number of carboxylic acid groups (broad SMARTS) is 1. The Labute approximate surface area is 66.4 Å². The standard InChI is InChI=1S/C8H14O3/c1-2-8(3-4-8)6-11-5-7(9)10/h2-6H2,1H3,(H,9,10). The number of rotatable bonds is 5. The largest absolute Gasteiger partial charge is 0.480 e. The molecule has 0 bridgehead atoms. The number of aliphatic carboxylic acids is 1. The Kier molecular flexibility index (Phi) is 2.49. The van der Waals surface area contributed by atoms with E-state index in [0.717, 1.165) is 6.42 Å². The Morgan fingerprint density at radius 2 is 2.27 bits per heavy atom. The lowest BCUT2D eigenvalue weighted by atomic mass is 10.1. The molecule has 0 aromatic heterocycles. The van der Waals surface area contributed by atoms with Gasteiger partial charge in [-0.3, -0.25) is 0 Å². The zero-order valence-electron chi connectivity index (χ0n) is 6.80. The second kappa shape index (κ2) is 3.22. The molecule has 0 spiro atoms. The molecule has 0 aromatic rings. The molecule has 3 nitrogen and oxygen atoms in total. The van der Waals surface area contributed by atoms with Crippen LogP contribution in [0.2, 0.25) is 0 Å². The van der Waals surface area contributed by atoms with Gasteiger partial charge in [0.15, 0.2) is 0 Å². The van der Waals surface area contributed by atoms with Gasteiger partial charge in [-0.1, -0.05) is 6.92 Å². The van der Waals surface area contributed by atoms with E-state index in [9.17, 15) is 4.79 Å². The van der Waals surface area contributed by atoms with E-state index in [1.165, 1.54) is 12.8 Å². The van der Waals surface area contributed by atoms with Crippen molar-refractivity contribution < 1.29 is 14.6 Å². The molecule has 3 heteroatoms. The third kappa shape index (κ3) is 2.50. The number of hydrogen-bond acceptors (Lipinski definition) is 2. The summed E-state index contributed by atoms with van der Waals surface area (Å²) in [5.41, 5.74) is 0.343. The van der Waals surface area contributed by atoms with Crippen LogP contribution in [0, 0.1) is 5.41 Å². The predicted octanol–water partition coefficient (Wildman–Crippen LogP) is 1.28. The van der Waals surface area contributed by atoms with E-state index in [0.29, 0.717) is 12.0 Å². The molecule has 1 aliphatic rings. The van der Waals surface area contributed by atoms with Crippen molar-refractivity contribution >= 4 is 5.97 Å². The topological polar surface area (TPSA) is 46.5 Å². The molecule has 0 aromatic carbocycles. The minimum Gasteiger partial charge on any atom is -0.480 e. The van der Waals surface area contributed by atoms with Crippen LogP contribution in [0.3, 0.4) is 0 Å².